The zero-order valence-corrected chi connectivity index (χ0v) is 13.6. The van der Waals surface area contributed by atoms with Gasteiger partial charge in [0.15, 0.2) is 5.13 Å². The van der Waals surface area contributed by atoms with Gasteiger partial charge in [-0.25, -0.2) is 4.98 Å². The van der Waals surface area contributed by atoms with Crippen molar-refractivity contribution < 1.29 is 0 Å². The highest BCUT2D eigenvalue weighted by atomic mass is 32.1. The first-order valence-corrected chi connectivity index (χ1v) is 9.05. The molecule has 2 fully saturated rings. The largest absolute Gasteiger partial charge is 0.348 e. The molecule has 0 atom stereocenters. The predicted molar refractivity (Wildman–Crippen MR) is 86.4 cm³/mol. The second-order valence-electron chi connectivity index (χ2n) is 6.47. The van der Waals surface area contributed by atoms with Crippen molar-refractivity contribution in [3.8, 4) is 0 Å². The number of nitrogens with one attached hydrogen (secondary N) is 1. The summed E-state index contributed by atoms with van der Waals surface area (Å²) in [5, 5.41) is 6.97. The first-order valence-electron chi connectivity index (χ1n) is 8.17. The quantitative estimate of drug-likeness (QED) is 0.864. The molecule has 2 saturated carbocycles. The van der Waals surface area contributed by atoms with Gasteiger partial charge < -0.3 is 10.2 Å². The van der Waals surface area contributed by atoms with Crippen molar-refractivity contribution in [1.29, 1.82) is 0 Å². The zero-order chi connectivity index (χ0) is 13.9. The maximum absolute atomic E-state index is 4.81. The summed E-state index contributed by atoms with van der Waals surface area (Å²) in [5.41, 5.74) is 1.21. The lowest BCUT2D eigenvalue weighted by Gasteiger charge is -2.34. The minimum absolute atomic E-state index is 0.702. The first-order chi connectivity index (χ1) is 9.76. The third kappa shape index (κ3) is 3.53. The highest BCUT2D eigenvalue weighted by Gasteiger charge is 2.25. The van der Waals surface area contributed by atoms with Gasteiger partial charge in [0.2, 0.25) is 0 Å². The van der Waals surface area contributed by atoms with Crippen LogP contribution in [0.5, 0.6) is 0 Å². The van der Waals surface area contributed by atoms with Gasteiger partial charge in [-0.15, -0.1) is 11.3 Å². The molecule has 0 aromatic carbocycles. The summed E-state index contributed by atoms with van der Waals surface area (Å²) in [5.74, 6) is 0.967. The van der Waals surface area contributed by atoms with Crippen LogP contribution in [0, 0.1) is 5.92 Å². The van der Waals surface area contributed by atoms with Gasteiger partial charge in [-0.1, -0.05) is 13.3 Å². The molecule has 20 heavy (non-hydrogen) atoms. The Labute approximate surface area is 126 Å². The second kappa shape index (κ2) is 6.44. The van der Waals surface area contributed by atoms with Gasteiger partial charge in [-0.2, -0.15) is 0 Å². The van der Waals surface area contributed by atoms with Crippen LogP contribution in [0.2, 0.25) is 0 Å². The van der Waals surface area contributed by atoms with E-state index >= 15 is 0 Å². The summed E-state index contributed by atoms with van der Waals surface area (Å²) in [7, 11) is 2.23. The number of thiazole rings is 1. The smallest absolute Gasteiger partial charge is 0.185 e. The van der Waals surface area contributed by atoms with E-state index in [2.05, 4.69) is 29.6 Å². The summed E-state index contributed by atoms with van der Waals surface area (Å²) in [6.07, 6.45) is 9.51. The molecule has 2 aliphatic rings. The van der Waals surface area contributed by atoms with Gasteiger partial charge >= 0.3 is 0 Å². The summed E-state index contributed by atoms with van der Waals surface area (Å²) in [6, 6.07) is 1.47. The number of rotatable bonds is 6. The molecule has 1 heterocycles. The van der Waals surface area contributed by atoms with Gasteiger partial charge in [0.25, 0.3) is 0 Å². The van der Waals surface area contributed by atoms with E-state index < -0.39 is 0 Å². The third-order valence-electron chi connectivity index (χ3n) is 4.93. The molecule has 1 aromatic rings. The monoisotopic (exact) mass is 293 g/mol. The molecule has 0 aliphatic heterocycles. The summed E-state index contributed by atoms with van der Waals surface area (Å²) >= 11 is 1.80. The molecule has 112 valence electrons. The van der Waals surface area contributed by atoms with E-state index in [0.29, 0.717) is 6.04 Å². The number of nitrogens with zero attached hydrogens (tertiary/aromatic N) is 2. The van der Waals surface area contributed by atoms with Crippen molar-refractivity contribution in [2.24, 2.45) is 5.92 Å². The fraction of sp³-hybridized carbons (Fsp3) is 0.812. The standard InChI is InChI=1S/C16H27N3S/c1-3-12-4-8-15(9-5-12)19(2)16-18-14(11-20-16)10-17-13-6-7-13/h11-13,15,17H,3-10H2,1-2H3. The molecule has 3 rings (SSSR count). The highest BCUT2D eigenvalue weighted by molar-refractivity contribution is 7.13. The lowest BCUT2D eigenvalue weighted by molar-refractivity contribution is 0.313. The summed E-state index contributed by atoms with van der Waals surface area (Å²) < 4.78 is 0. The van der Waals surface area contributed by atoms with Crippen LogP contribution in [0.15, 0.2) is 5.38 Å². The second-order valence-corrected chi connectivity index (χ2v) is 7.31. The first kappa shape index (κ1) is 14.3. The van der Waals surface area contributed by atoms with Crippen molar-refractivity contribution in [3.63, 3.8) is 0 Å². The molecule has 0 radical (unpaired) electrons. The van der Waals surface area contributed by atoms with Crippen molar-refractivity contribution in [2.45, 2.75) is 70.5 Å². The van der Waals surface area contributed by atoms with E-state index in [4.69, 9.17) is 4.98 Å². The minimum atomic E-state index is 0.702. The van der Waals surface area contributed by atoms with E-state index in [1.165, 1.54) is 55.8 Å². The third-order valence-corrected chi connectivity index (χ3v) is 5.91. The Bertz CT molecular complexity index is 419. The van der Waals surface area contributed by atoms with Crippen LogP contribution in [0.25, 0.3) is 0 Å². The zero-order valence-electron chi connectivity index (χ0n) is 12.8. The Balaban J connectivity index is 1.52. The molecule has 1 aromatic heterocycles. The van der Waals surface area contributed by atoms with Crippen LogP contribution in [0.3, 0.4) is 0 Å². The van der Waals surface area contributed by atoms with E-state index in [1.54, 1.807) is 11.3 Å². The van der Waals surface area contributed by atoms with Crippen LogP contribution < -0.4 is 10.2 Å². The Morgan fingerprint density at radius 1 is 1.25 bits per heavy atom. The summed E-state index contributed by atoms with van der Waals surface area (Å²) in [4.78, 5) is 7.23. The van der Waals surface area contributed by atoms with Crippen molar-refractivity contribution in [2.75, 3.05) is 11.9 Å². The molecule has 4 heteroatoms. The molecular formula is C16H27N3S. The molecule has 0 unspecified atom stereocenters. The van der Waals surface area contributed by atoms with Crippen molar-refractivity contribution in [3.05, 3.63) is 11.1 Å². The minimum Gasteiger partial charge on any atom is -0.348 e. The summed E-state index contributed by atoms with van der Waals surface area (Å²) in [6.45, 7) is 3.27. The molecule has 0 bridgehead atoms. The highest BCUT2D eigenvalue weighted by Crippen LogP contribution is 2.32. The SMILES string of the molecule is CCC1CCC(N(C)c2nc(CNC3CC3)cs2)CC1. The average Bonchev–Trinajstić information content (AvgIpc) is 3.21. The van der Waals surface area contributed by atoms with Gasteiger partial charge in [-0.05, 0) is 44.4 Å². The average molecular weight is 293 g/mol. The maximum atomic E-state index is 4.81. The van der Waals surface area contributed by atoms with Crippen LogP contribution in [0.1, 0.15) is 57.6 Å². The van der Waals surface area contributed by atoms with Crippen LogP contribution in [0.4, 0.5) is 5.13 Å². The molecular weight excluding hydrogens is 266 g/mol. The molecule has 2 aliphatic carbocycles. The van der Waals surface area contributed by atoms with E-state index in [1.807, 2.05) is 0 Å². The van der Waals surface area contributed by atoms with Gasteiger partial charge in [-0.3, -0.25) is 0 Å². The van der Waals surface area contributed by atoms with Crippen molar-refractivity contribution >= 4 is 16.5 Å². The van der Waals surface area contributed by atoms with E-state index in [-0.39, 0.29) is 0 Å². The van der Waals surface area contributed by atoms with Crippen LogP contribution in [-0.4, -0.2) is 24.1 Å². The Hall–Kier alpha value is -0.610. The molecule has 0 amide bonds. The topological polar surface area (TPSA) is 28.2 Å². The van der Waals surface area contributed by atoms with E-state index in [9.17, 15) is 0 Å². The maximum Gasteiger partial charge on any atom is 0.185 e. The number of hydrogen-bond acceptors (Lipinski definition) is 4. The Morgan fingerprint density at radius 3 is 2.65 bits per heavy atom. The number of aromatic nitrogens is 1. The lowest BCUT2D eigenvalue weighted by atomic mass is 9.84. The van der Waals surface area contributed by atoms with Gasteiger partial charge in [0.05, 0.1) is 5.69 Å². The number of hydrogen-bond donors (Lipinski definition) is 1. The van der Waals surface area contributed by atoms with Crippen LogP contribution in [-0.2, 0) is 6.54 Å². The molecule has 1 N–H and O–H groups in total. The Morgan fingerprint density at radius 2 is 2.00 bits per heavy atom. The van der Waals surface area contributed by atoms with Crippen molar-refractivity contribution in [1.82, 2.24) is 10.3 Å². The number of anilines is 1. The normalized spacial score (nSPS) is 26.7. The molecule has 3 nitrogen and oxygen atoms in total. The van der Waals surface area contributed by atoms with E-state index in [0.717, 1.165) is 18.5 Å². The lowest BCUT2D eigenvalue weighted by Crippen LogP contribution is -2.35. The molecule has 0 spiro atoms. The van der Waals surface area contributed by atoms with Gasteiger partial charge in [0.1, 0.15) is 0 Å². The fourth-order valence-electron chi connectivity index (χ4n) is 3.17. The van der Waals surface area contributed by atoms with Gasteiger partial charge in [0, 0.05) is 31.1 Å². The molecule has 0 saturated heterocycles. The van der Waals surface area contributed by atoms with Crippen LogP contribution >= 0.6 is 11.3 Å². The predicted octanol–water partition coefficient (Wildman–Crippen LogP) is 3.80. The Kier molecular flexibility index (Phi) is 4.61. The fourth-order valence-corrected chi connectivity index (χ4v) is 4.04.